The second kappa shape index (κ2) is 12.8. The van der Waals surface area contributed by atoms with Crippen molar-refractivity contribution in [2.24, 2.45) is 11.8 Å². The van der Waals surface area contributed by atoms with Crippen molar-refractivity contribution in [3.8, 4) is 0 Å². The van der Waals surface area contributed by atoms with E-state index in [1.54, 1.807) is 0 Å². The highest BCUT2D eigenvalue weighted by Gasteiger charge is 2.62. The molecule has 3 aliphatic carbocycles. The van der Waals surface area contributed by atoms with Crippen LogP contribution in [0.1, 0.15) is 91.1 Å². The number of hydrogen-bond acceptors (Lipinski definition) is 7. The number of allylic oxidation sites excluding steroid dienone is 1. The number of nitrogens with zero attached hydrogens (tertiary/aromatic N) is 3. The predicted molar refractivity (Wildman–Crippen MR) is 158 cm³/mol. The molecule has 1 aliphatic heterocycles. The highest BCUT2D eigenvalue weighted by Crippen LogP contribution is 2.58. The van der Waals surface area contributed by atoms with Gasteiger partial charge in [-0.25, -0.2) is 0 Å². The maximum absolute atomic E-state index is 13.8. The van der Waals surface area contributed by atoms with Crippen LogP contribution >= 0.6 is 0 Å². The monoisotopic (exact) mass is 588 g/mol. The van der Waals surface area contributed by atoms with Crippen LogP contribution in [0.15, 0.2) is 55.1 Å². The van der Waals surface area contributed by atoms with Crippen LogP contribution in [0.25, 0.3) is 0 Å². The maximum atomic E-state index is 13.8. The van der Waals surface area contributed by atoms with Gasteiger partial charge in [-0.05, 0) is 42.7 Å². The number of carbonyl (C=O) groups is 3. The lowest BCUT2D eigenvalue weighted by Gasteiger charge is -2.49. The molecule has 2 bridgehead atoms. The highest BCUT2D eigenvalue weighted by atomic mass is 16.6. The molecule has 43 heavy (non-hydrogen) atoms. The zero-order valence-corrected chi connectivity index (χ0v) is 24.0. The van der Waals surface area contributed by atoms with Gasteiger partial charge >= 0.3 is 0 Å². The number of nitro groups is 2. The molecule has 2 aromatic carbocycles. The Kier molecular flexibility index (Phi) is 8.98. The SMILES string of the molecule is C=CCCCCCCCCCN1C(=O)[C@@H]2[C@H](C1=O)[C@@H]1c3ccccc3[C@H]2C[C@H]1NC(=O)c1cc([N+](=O)[O-])cc([N+](=O)[O-])c1. The molecule has 1 N–H and O–H groups in total. The van der Waals surface area contributed by atoms with E-state index < -0.39 is 50.9 Å². The molecule has 2 fully saturated rings. The van der Waals surface area contributed by atoms with E-state index in [0.29, 0.717) is 13.0 Å². The van der Waals surface area contributed by atoms with E-state index in [1.807, 2.05) is 30.3 Å². The van der Waals surface area contributed by atoms with Crippen molar-refractivity contribution < 1.29 is 24.2 Å². The fourth-order valence-corrected chi connectivity index (χ4v) is 7.28. The normalized spacial score (nSPS) is 23.5. The molecular weight excluding hydrogens is 552 g/mol. The Morgan fingerprint density at radius 2 is 1.44 bits per heavy atom. The Morgan fingerprint density at radius 3 is 2.07 bits per heavy atom. The minimum atomic E-state index is -0.783. The lowest BCUT2D eigenvalue weighted by Crippen LogP contribution is -2.53. The molecule has 226 valence electrons. The number of fused-ring (bicyclic) bond motifs is 1. The first-order chi connectivity index (χ1) is 20.7. The van der Waals surface area contributed by atoms with Crippen LogP contribution in [0.2, 0.25) is 0 Å². The van der Waals surface area contributed by atoms with Crippen molar-refractivity contribution >= 4 is 29.1 Å². The van der Waals surface area contributed by atoms with Crippen molar-refractivity contribution in [1.29, 1.82) is 0 Å². The number of nitrogens with one attached hydrogen (secondary N) is 1. The minimum absolute atomic E-state index is 0.150. The molecule has 0 unspecified atom stereocenters. The summed E-state index contributed by atoms with van der Waals surface area (Å²) < 4.78 is 0. The molecule has 0 aromatic heterocycles. The number of unbranched alkanes of at least 4 members (excludes halogenated alkanes) is 7. The zero-order valence-electron chi connectivity index (χ0n) is 24.0. The molecule has 4 aliphatic rings. The van der Waals surface area contributed by atoms with Crippen LogP contribution in [-0.4, -0.2) is 45.1 Å². The average Bonchev–Trinajstić information content (AvgIpc) is 3.26. The Bertz CT molecular complexity index is 1420. The smallest absolute Gasteiger partial charge is 0.277 e. The molecule has 1 saturated heterocycles. The first-order valence-corrected chi connectivity index (χ1v) is 15.0. The maximum Gasteiger partial charge on any atom is 0.277 e. The number of nitro benzene ring substituents is 2. The van der Waals surface area contributed by atoms with E-state index in [1.165, 1.54) is 11.3 Å². The number of rotatable bonds is 14. The second-order valence-electron chi connectivity index (χ2n) is 11.8. The number of likely N-dealkylation sites (tertiary alicyclic amines) is 1. The summed E-state index contributed by atoms with van der Waals surface area (Å²) in [7, 11) is 0. The van der Waals surface area contributed by atoms with Crippen molar-refractivity contribution in [3.63, 3.8) is 0 Å². The number of benzene rings is 2. The molecule has 1 saturated carbocycles. The molecule has 1 heterocycles. The van der Waals surface area contributed by atoms with Crippen LogP contribution in [0.5, 0.6) is 0 Å². The number of hydrogen-bond donors (Lipinski definition) is 1. The van der Waals surface area contributed by atoms with E-state index in [0.717, 1.165) is 74.3 Å². The molecule has 3 amide bonds. The Hall–Kier alpha value is -4.41. The fourth-order valence-electron chi connectivity index (χ4n) is 7.28. The van der Waals surface area contributed by atoms with Gasteiger partial charge in [0.1, 0.15) is 0 Å². The van der Waals surface area contributed by atoms with Crippen LogP contribution < -0.4 is 5.32 Å². The quantitative estimate of drug-likeness (QED) is 0.0963. The van der Waals surface area contributed by atoms with Gasteiger partial charge in [-0.15, -0.1) is 6.58 Å². The van der Waals surface area contributed by atoms with Gasteiger partial charge < -0.3 is 5.32 Å². The Balaban J connectivity index is 1.31. The van der Waals surface area contributed by atoms with Crippen molar-refractivity contribution in [3.05, 3.63) is 92.0 Å². The fraction of sp³-hybridized carbons (Fsp3) is 0.469. The highest BCUT2D eigenvalue weighted by molar-refractivity contribution is 6.07. The third-order valence-electron chi connectivity index (χ3n) is 9.20. The summed E-state index contributed by atoms with van der Waals surface area (Å²) in [4.78, 5) is 63.3. The lowest BCUT2D eigenvalue weighted by atomic mass is 9.55. The first kappa shape index (κ1) is 30.1. The predicted octanol–water partition coefficient (Wildman–Crippen LogP) is 5.79. The standard InChI is InChI=1S/C32H36N4O7/c1-2-3-4-5-6-7-8-9-12-15-34-31(38)28-25-19-26(27(29(28)32(34)39)24-14-11-10-13-23(24)25)33-30(37)20-16-21(35(40)41)18-22(17-20)36(42)43/h2,10-11,13-14,16-18,25-29H,1,3-9,12,15,19H2,(H,33,37)/t25-,26-,27-,28+,29-/m1/s1. The number of imide groups is 1. The van der Waals surface area contributed by atoms with E-state index in [2.05, 4.69) is 11.9 Å². The number of carbonyl (C=O) groups excluding carboxylic acids is 3. The van der Waals surface area contributed by atoms with Crippen molar-refractivity contribution in [1.82, 2.24) is 10.2 Å². The number of non-ortho nitro benzene ring substituents is 2. The summed E-state index contributed by atoms with van der Waals surface area (Å²) in [6.45, 7) is 4.13. The molecule has 5 atom stereocenters. The number of amides is 3. The van der Waals surface area contributed by atoms with Crippen LogP contribution in [0.3, 0.4) is 0 Å². The Labute approximate surface area is 249 Å². The molecule has 6 rings (SSSR count). The summed E-state index contributed by atoms with van der Waals surface area (Å²) >= 11 is 0. The summed E-state index contributed by atoms with van der Waals surface area (Å²) in [5.74, 6) is -2.90. The van der Waals surface area contributed by atoms with Gasteiger partial charge in [0.15, 0.2) is 0 Å². The second-order valence-corrected chi connectivity index (χ2v) is 11.8. The topological polar surface area (TPSA) is 153 Å². The van der Waals surface area contributed by atoms with Gasteiger partial charge in [0, 0.05) is 30.6 Å². The van der Waals surface area contributed by atoms with Gasteiger partial charge in [-0.2, -0.15) is 0 Å². The average molecular weight is 589 g/mol. The molecular formula is C32H36N4O7. The molecule has 0 spiro atoms. The first-order valence-electron chi connectivity index (χ1n) is 15.0. The summed E-state index contributed by atoms with van der Waals surface area (Å²) in [5.41, 5.74) is 0.590. The van der Waals surface area contributed by atoms with E-state index in [4.69, 9.17) is 0 Å². The molecule has 0 radical (unpaired) electrons. The zero-order chi connectivity index (χ0) is 30.7. The van der Waals surface area contributed by atoms with Gasteiger partial charge in [0.2, 0.25) is 11.8 Å². The van der Waals surface area contributed by atoms with Crippen LogP contribution in [0, 0.1) is 32.1 Å². The van der Waals surface area contributed by atoms with E-state index in [-0.39, 0.29) is 23.3 Å². The van der Waals surface area contributed by atoms with E-state index in [9.17, 15) is 34.6 Å². The minimum Gasteiger partial charge on any atom is -0.349 e. The molecule has 11 nitrogen and oxygen atoms in total. The van der Waals surface area contributed by atoms with Gasteiger partial charge in [0.25, 0.3) is 17.3 Å². The van der Waals surface area contributed by atoms with Crippen molar-refractivity contribution in [2.45, 2.75) is 75.7 Å². The summed E-state index contributed by atoms with van der Waals surface area (Å²) in [6, 6.07) is 9.97. The Morgan fingerprint density at radius 1 is 0.860 bits per heavy atom. The third kappa shape index (κ3) is 5.93. The van der Waals surface area contributed by atoms with Gasteiger partial charge in [-0.1, -0.05) is 62.4 Å². The molecule has 2 aromatic rings. The van der Waals surface area contributed by atoms with Gasteiger partial charge in [0.05, 0.1) is 33.3 Å². The lowest BCUT2D eigenvalue weighted by molar-refractivity contribution is -0.394. The summed E-state index contributed by atoms with van der Waals surface area (Å²) in [5, 5.41) is 25.6. The third-order valence-corrected chi connectivity index (χ3v) is 9.20. The largest absolute Gasteiger partial charge is 0.349 e. The van der Waals surface area contributed by atoms with Crippen molar-refractivity contribution in [2.75, 3.05) is 6.54 Å². The van der Waals surface area contributed by atoms with Gasteiger partial charge in [-0.3, -0.25) is 39.5 Å². The van der Waals surface area contributed by atoms with Crippen LogP contribution in [0.4, 0.5) is 11.4 Å². The molecule has 11 heteroatoms. The van der Waals surface area contributed by atoms with E-state index >= 15 is 0 Å². The van der Waals surface area contributed by atoms with Crippen LogP contribution in [-0.2, 0) is 9.59 Å². The summed E-state index contributed by atoms with van der Waals surface area (Å²) in [6.07, 6.45) is 10.8.